The van der Waals surface area contributed by atoms with Crippen LogP contribution in [-0.4, -0.2) is 18.3 Å². The Hall–Kier alpha value is -1.39. The Morgan fingerprint density at radius 1 is 1.10 bits per heavy atom. The molecule has 1 atom stereocenters. The molecule has 0 aliphatic rings. The maximum atomic E-state index is 13.7. The monoisotopic (exact) mass is 307 g/mol. The number of hydrogen-bond donors (Lipinski definition) is 1. The minimum absolute atomic E-state index is 0.153. The number of rotatable bonds is 7. The van der Waals surface area contributed by atoms with Crippen LogP contribution in [0, 0.1) is 11.6 Å². The van der Waals surface area contributed by atoms with Crippen LogP contribution in [0.15, 0.2) is 53.4 Å². The van der Waals surface area contributed by atoms with E-state index >= 15 is 0 Å². The third-order valence-electron chi connectivity index (χ3n) is 3.16. The lowest BCUT2D eigenvalue weighted by molar-refractivity contribution is 0.545. The molecule has 0 aromatic heterocycles. The second kappa shape index (κ2) is 8.15. The summed E-state index contributed by atoms with van der Waals surface area (Å²) in [7, 11) is 0. The summed E-state index contributed by atoms with van der Waals surface area (Å²) in [5.41, 5.74) is 0.711. The molecule has 0 saturated carbocycles. The Labute approximate surface area is 128 Å². The highest BCUT2D eigenvalue weighted by atomic mass is 32.2. The number of thioether (sulfide) groups is 1. The van der Waals surface area contributed by atoms with Crippen molar-refractivity contribution in [2.75, 3.05) is 12.3 Å². The first-order valence-corrected chi connectivity index (χ1v) is 8.02. The highest BCUT2D eigenvalue weighted by Gasteiger charge is 2.12. The predicted octanol–water partition coefficient (Wildman–Crippen LogP) is 4.28. The molecule has 0 aliphatic carbocycles. The van der Waals surface area contributed by atoms with Crippen LogP contribution in [0.2, 0.25) is 0 Å². The average molecular weight is 307 g/mol. The first-order valence-electron chi connectivity index (χ1n) is 7.04. The molecule has 1 unspecified atom stereocenters. The van der Waals surface area contributed by atoms with Gasteiger partial charge in [0.2, 0.25) is 0 Å². The van der Waals surface area contributed by atoms with Crippen molar-refractivity contribution >= 4 is 11.8 Å². The Balaban J connectivity index is 1.97. The smallest absolute Gasteiger partial charge is 0.126 e. The standard InChI is InChI=1S/C17H19F2NS/c1-2-20-15(10-13-6-3-4-9-17(13)19)12-21-16-8-5-7-14(18)11-16/h3-9,11,15,20H,2,10,12H2,1H3. The Morgan fingerprint density at radius 2 is 1.90 bits per heavy atom. The quantitative estimate of drug-likeness (QED) is 0.766. The Bertz CT molecular complexity index is 574. The third kappa shape index (κ3) is 5.14. The van der Waals surface area contributed by atoms with Crippen molar-refractivity contribution in [3.63, 3.8) is 0 Å². The minimum Gasteiger partial charge on any atom is -0.313 e. The lowest BCUT2D eigenvalue weighted by atomic mass is 10.1. The molecule has 21 heavy (non-hydrogen) atoms. The first kappa shape index (κ1) is 16.0. The maximum Gasteiger partial charge on any atom is 0.126 e. The Morgan fingerprint density at radius 3 is 2.62 bits per heavy atom. The summed E-state index contributed by atoms with van der Waals surface area (Å²) < 4.78 is 26.9. The SMILES string of the molecule is CCNC(CSc1cccc(F)c1)Cc1ccccc1F. The van der Waals surface area contributed by atoms with Gasteiger partial charge in [-0.05, 0) is 42.8 Å². The summed E-state index contributed by atoms with van der Waals surface area (Å²) >= 11 is 1.58. The second-order valence-corrected chi connectivity index (χ2v) is 5.91. The van der Waals surface area contributed by atoms with Gasteiger partial charge in [-0.2, -0.15) is 0 Å². The lowest BCUT2D eigenvalue weighted by Crippen LogP contribution is -2.33. The fourth-order valence-corrected chi connectivity index (χ4v) is 3.16. The maximum absolute atomic E-state index is 13.7. The fourth-order valence-electron chi connectivity index (χ4n) is 2.16. The normalized spacial score (nSPS) is 12.3. The number of nitrogens with one attached hydrogen (secondary N) is 1. The molecule has 112 valence electrons. The van der Waals surface area contributed by atoms with Crippen LogP contribution >= 0.6 is 11.8 Å². The van der Waals surface area contributed by atoms with Gasteiger partial charge in [0.15, 0.2) is 0 Å². The van der Waals surface area contributed by atoms with Crippen LogP contribution in [-0.2, 0) is 6.42 Å². The zero-order valence-corrected chi connectivity index (χ0v) is 12.8. The van der Waals surface area contributed by atoms with Gasteiger partial charge in [0.05, 0.1) is 0 Å². The number of benzene rings is 2. The van der Waals surface area contributed by atoms with Crippen molar-refractivity contribution in [3.8, 4) is 0 Å². The molecule has 2 aromatic rings. The topological polar surface area (TPSA) is 12.0 Å². The van der Waals surface area contributed by atoms with Crippen LogP contribution < -0.4 is 5.32 Å². The van der Waals surface area contributed by atoms with Crippen LogP contribution in [0.4, 0.5) is 8.78 Å². The molecule has 4 heteroatoms. The Kier molecular flexibility index (Phi) is 6.21. The van der Waals surface area contributed by atoms with Gasteiger partial charge in [-0.15, -0.1) is 11.8 Å². The van der Waals surface area contributed by atoms with Crippen LogP contribution in [0.25, 0.3) is 0 Å². The summed E-state index contributed by atoms with van der Waals surface area (Å²) in [5.74, 6) is 0.372. The molecule has 0 amide bonds. The van der Waals surface area contributed by atoms with Gasteiger partial charge in [0.1, 0.15) is 11.6 Å². The van der Waals surface area contributed by atoms with Crippen molar-refractivity contribution in [2.24, 2.45) is 0 Å². The number of hydrogen-bond acceptors (Lipinski definition) is 2. The van der Waals surface area contributed by atoms with Gasteiger partial charge in [0.25, 0.3) is 0 Å². The highest BCUT2D eigenvalue weighted by molar-refractivity contribution is 7.99. The van der Waals surface area contributed by atoms with E-state index in [1.165, 1.54) is 18.2 Å². The van der Waals surface area contributed by atoms with E-state index in [1.54, 1.807) is 23.9 Å². The van der Waals surface area contributed by atoms with E-state index in [0.717, 1.165) is 17.2 Å². The van der Waals surface area contributed by atoms with Gasteiger partial charge in [0, 0.05) is 16.7 Å². The summed E-state index contributed by atoms with van der Waals surface area (Å²) in [5, 5.41) is 3.36. The van der Waals surface area contributed by atoms with Crippen LogP contribution in [0.5, 0.6) is 0 Å². The van der Waals surface area contributed by atoms with E-state index in [-0.39, 0.29) is 17.7 Å². The highest BCUT2D eigenvalue weighted by Crippen LogP contribution is 2.21. The van der Waals surface area contributed by atoms with Gasteiger partial charge in [-0.3, -0.25) is 0 Å². The molecule has 0 heterocycles. The molecule has 1 N–H and O–H groups in total. The molecule has 1 nitrogen and oxygen atoms in total. The van der Waals surface area contributed by atoms with Crippen LogP contribution in [0.3, 0.4) is 0 Å². The molecule has 0 aliphatic heterocycles. The van der Waals surface area contributed by atoms with E-state index in [2.05, 4.69) is 5.32 Å². The largest absolute Gasteiger partial charge is 0.313 e. The zero-order valence-electron chi connectivity index (χ0n) is 12.0. The van der Waals surface area contributed by atoms with Gasteiger partial charge in [-0.1, -0.05) is 31.2 Å². The molecule has 2 rings (SSSR count). The summed E-state index contributed by atoms with van der Waals surface area (Å²) in [6, 6.07) is 13.5. The van der Waals surface area contributed by atoms with E-state index in [9.17, 15) is 8.78 Å². The van der Waals surface area contributed by atoms with Crippen molar-refractivity contribution in [1.29, 1.82) is 0 Å². The first-order chi connectivity index (χ1) is 10.2. The van der Waals surface area contributed by atoms with Crippen molar-refractivity contribution < 1.29 is 8.78 Å². The minimum atomic E-state index is -0.228. The van der Waals surface area contributed by atoms with E-state index < -0.39 is 0 Å². The van der Waals surface area contributed by atoms with E-state index in [1.807, 2.05) is 25.1 Å². The zero-order chi connectivity index (χ0) is 15.1. The molecular formula is C17H19F2NS. The molecule has 2 aromatic carbocycles. The average Bonchev–Trinajstić information content (AvgIpc) is 2.47. The number of halogens is 2. The molecule has 0 saturated heterocycles. The van der Waals surface area contributed by atoms with Crippen molar-refractivity contribution in [2.45, 2.75) is 24.3 Å². The van der Waals surface area contributed by atoms with E-state index in [4.69, 9.17) is 0 Å². The fraction of sp³-hybridized carbons (Fsp3) is 0.294. The number of likely N-dealkylation sites (N-methyl/N-ethyl adjacent to an activating group) is 1. The van der Waals surface area contributed by atoms with Crippen LogP contribution in [0.1, 0.15) is 12.5 Å². The molecule has 0 radical (unpaired) electrons. The van der Waals surface area contributed by atoms with Gasteiger partial charge < -0.3 is 5.32 Å². The second-order valence-electron chi connectivity index (χ2n) is 4.82. The summed E-state index contributed by atoms with van der Waals surface area (Å²) in [6.45, 7) is 2.85. The van der Waals surface area contributed by atoms with E-state index in [0.29, 0.717) is 12.0 Å². The summed E-state index contributed by atoms with van der Waals surface area (Å²) in [4.78, 5) is 0.895. The third-order valence-corrected chi connectivity index (χ3v) is 4.32. The lowest BCUT2D eigenvalue weighted by Gasteiger charge is -2.18. The van der Waals surface area contributed by atoms with Gasteiger partial charge >= 0.3 is 0 Å². The predicted molar refractivity (Wildman–Crippen MR) is 84.7 cm³/mol. The molecule has 0 fully saturated rings. The van der Waals surface area contributed by atoms with Crippen molar-refractivity contribution in [1.82, 2.24) is 5.32 Å². The molecule has 0 spiro atoms. The van der Waals surface area contributed by atoms with Gasteiger partial charge in [-0.25, -0.2) is 8.78 Å². The van der Waals surface area contributed by atoms with Crippen molar-refractivity contribution in [3.05, 3.63) is 65.7 Å². The molecular weight excluding hydrogens is 288 g/mol. The summed E-state index contributed by atoms with van der Waals surface area (Å²) in [6.07, 6.45) is 0.628. The molecule has 0 bridgehead atoms.